The summed E-state index contributed by atoms with van der Waals surface area (Å²) in [7, 11) is 1.43. The summed E-state index contributed by atoms with van der Waals surface area (Å²) >= 11 is 0. The van der Waals surface area contributed by atoms with Gasteiger partial charge in [-0.1, -0.05) is 19.1 Å². The number of amides is 1. The highest BCUT2D eigenvalue weighted by molar-refractivity contribution is 5.68. The third kappa shape index (κ3) is 5.79. The molecule has 94 valence electrons. The molecule has 0 radical (unpaired) electrons. The van der Waals surface area contributed by atoms with Crippen LogP contribution in [0.4, 0.5) is 4.79 Å². The van der Waals surface area contributed by atoms with E-state index in [0.717, 1.165) is 25.8 Å². The van der Waals surface area contributed by atoms with Gasteiger partial charge < -0.3 is 9.64 Å². The van der Waals surface area contributed by atoms with E-state index in [1.807, 2.05) is 20.8 Å². The Labute approximate surface area is 99.5 Å². The smallest absolute Gasteiger partial charge is 0.409 e. The molecule has 0 N–H and O–H groups in total. The van der Waals surface area contributed by atoms with E-state index in [-0.39, 0.29) is 11.6 Å². The number of ether oxygens (including phenoxy) is 1. The van der Waals surface area contributed by atoms with Gasteiger partial charge in [-0.15, -0.1) is 0 Å². The maximum Gasteiger partial charge on any atom is 0.409 e. The molecule has 0 aromatic heterocycles. The minimum Gasteiger partial charge on any atom is -0.453 e. The average Bonchev–Trinajstić information content (AvgIpc) is 2.20. The summed E-state index contributed by atoms with van der Waals surface area (Å²) in [5.41, 5.74) is -0.179. The van der Waals surface area contributed by atoms with Crippen LogP contribution in [0.5, 0.6) is 0 Å². The third-order valence-corrected chi connectivity index (χ3v) is 2.36. The molecule has 3 heteroatoms. The lowest BCUT2D eigenvalue weighted by Gasteiger charge is -2.34. The van der Waals surface area contributed by atoms with Gasteiger partial charge in [-0.25, -0.2) is 4.79 Å². The summed E-state index contributed by atoms with van der Waals surface area (Å²) in [4.78, 5) is 13.3. The number of methoxy groups -OCH3 is 1. The average molecular weight is 227 g/mol. The number of unbranched alkanes of at least 4 members (excludes halogenated alkanes) is 1. The molecule has 0 aromatic carbocycles. The first-order chi connectivity index (χ1) is 7.43. The Hall–Kier alpha value is -0.990. The largest absolute Gasteiger partial charge is 0.453 e. The molecule has 1 amide bonds. The van der Waals surface area contributed by atoms with E-state index >= 15 is 0 Å². The molecule has 0 aromatic rings. The van der Waals surface area contributed by atoms with Crippen LogP contribution in [0.3, 0.4) is 0 Å². The number of hydrogen-bond acceptors (Lipinski definition) is 2. The summed E-state index contributed by atoms with van der Waals surface area (Å²) in [6.07, 6.45) is 7.13. The highest BCUT2D eigenvalue weighted by atomic mass is 16.5. The molecule has 0 spiro atoms. The molecule has 0 saturated heterocycles. The number of carbonyl (C=O) groups excluding carboxylic acids is 1. The first-order valence-corrected chi connectivity index (χ1v) is 5.94. The number of nitrogens with zero attached hydrogens (tertiary/aromatic N) is 1. The van der Waals surface area contributed by atoms with Crippen LogP contribution < -0.4 is 0 Å². The Morgan fingerprint density at radius 2 is 1.94 bits per heavy atom. The van der Waals surface area contributed by atoms with Crippen LogP contribution in [0.2, 0.25) is 0 Å². The highest BCUT2D eigenvalue weighted by Gasteiger charge is 2.26. The number of rotatable bonds is 5. The van der Waals surface area contributed by atoms with Crippen molar-refractivity contribution in [1.29, 1.82) is 0 Å². The monoisotopic (exact) mass is 227 g/mol. The van der Waals surface area contributed by atoms with Gasteiger partial charge in [-0.2, -0.15) is 0 Å². The van der Waals surface area contributed by atoms with E-state index in [1.165, 1.54) is 7.11 Å². The summed E-state index contributed by atoms with van der Waals surface area (Å²) in [6.45, 7) is 8.92. The van der Waals surface area contributed by atoms with Gasteiger partial charge in [-0.3, -0.25) is 0 Å². The van der Waals surface area contributed by atoms with Crippen molar-refractivity contribution in [2.24, 2.45) is 0 Å². The van der Waals surface area contributed by atoms with Crippen molar-refractivity contribution in [3.05, 3.63) is 12.2 Å². The van der Waals surface area contributed by atoms with E-state index in [0.29, 0.717) is 0 Å². The zero-order valence-electron chi connectivity index (χ0n) is 11.2. The first-order valence-electron chi connectivity index (χ1n) is 5.94. The van der Waals surface area contributed by atoms with E-state index in [2.05, 4.69) is 19.1 Å². The second kappa shape index (κ2) is 7.31. The lowest BCUT2D eigenvalue weighted by Crippen LogP contribution is -2.46. The van der Waals surface area contributed by atoms with Crippen molar-refractivity contribution in [3.63, 3.8) is 0 Å². The van der Waals surface area contributed by atoms with Crippen LogP contribution in [0.1, 0.15) is 47.0 Å². The normalized spacial score (nSPS) is 11.8. The summed E-state index contributed by atoms with van der Waals surface area (Å²) < 4.78 is 4.79. The van der Waals surface area contributed by atoms with Crippen LogP contribution in [0.25, 0.3) is 0 Å². The van der Waals surface area contributed by atoms with Gasteiger partial charge in [0.15, 0.2) is 0 Å². The molecular weight excluding hydrogens is 202 g/mol. The van der Waals surface area contributed by atoms with Gasteiger partial charge >= 0.3 is 6.09 Å². The minimum absolute atomic E-state index is 0.179. The van der Waals surface area contributed by atoms with E-state index in [4.69, 9.17) is 4.74 Å². The molecule has 0 saturated carbocycles. The molecule has 0 bridgehead atoms. The Morgan fingerprint density at radius 3 is 2.38 bits per heavy atom. The highest BCUT2D eigenvalue weighted by Crippen LogP contribution is 2.15. The summed E-state index contributed by atoms with van der Waals surface area (Å²) in [5.74, 6) is 0. The second-order valence-corrected chi connectivity index (χ2v) is 4.81. The first kappa shape index (κ1) is 15.0. The van der Waals surface area contributed by atoms with E-state index < -0.39 is 0 Å². The lowest BCUT2D eigenvalue weighted by atomic mass is 10.1. The predicted octanol–water partition coefficient (Wildman–Crippen LogP) is 3.60. The van der Waals surface area contributed by atoms with Crippen molar-refractivity contribution in [2.45, 2.75) is 52.5 Å². The quantitative estimate of drug-likeness (QED) is 0.530. The van der Waals surface area contributed by atoms with Gasteiger partial charge in [0.2, 0.25) is 0 Å². The van der Waals surface area contributed by atoms with Crippen LogP contribution in [-0.2, 0) is 4.74 Å². The number of allylic oxidation sites excluding steroid dienone is 2. The maximum atomic E-state index is 11.6. The lowest BCUT2D eigenvalue weighted by molar-refractivity contribution is 0.0831. The van der Waals surface area contributed by atoms with E-state index in [9.17, 15) is 4.79 Å². The second-order valence-electron chi connectivity index (χ2n) is 4.81. The van der Waals surface area contributed by atoms with Crippen molar-refractivity contribution < 1.29 is 9.53 Å². The number of hydrogen-bond donors (Lipinski definition) is 0. The SMILES string of the molecule is CC/C=C\CCCN(C(=O)OC)C(C)(C)C. The number of carbonyl (C=O) groups is 1. The molecule has 3 nitrogen and oxygen atoms in total. The van der Waals surface area contributed by atoms with Gasteiger partial charge in [-0.05, 0) is 40.0 Å². The van der Waals surface area contributed by atoms with Crippen molar-refractivity contribution >= 4 is 6.09 Å². The van der Waals surface area contributed by atoms with Gasteiger partial charge in [0.05, 0.1) is 7.11 Å². The molecule has 0 heterocycles. The Balaban J connectivity index is 4.14. The fourth-order valence-electron chi connectivity index (χ4n) is 1.46. The maximum absolute atomic E-state index is 11.6. The standard InChI is InChI=1S/C13H25NO2/c1-6-7-8-9-10-11-14(12(15)16-5)13(2,3)4/h7-8H,6,9-11H2,1-5H3/b8-7-. The topological polar surface area (TPSA) is 29.5 Å². The molecule has 0 atom stereocenters. The zero-order valence-corrected chi connectivity index (χ0v) is 11.2. The van der Waals surface area contributed by atoms with Gasteiger partial charge in [0.1, 0.15) is 0 Å². The predicted molar refractivity (Wildman–Crippen MR) is 67.5 cm³/mol. The fourth-order valence-corrected chi connectivity index (χ4v) is 1.46. The third-order valence-electron chi connectivity index (χ3n) is 2.36. The molecule has 0 aliphatic carbocycles. The Morgan fingerprint density at radius 1 is 1.31 bits per heavy atom. The van der Waals surface area contributed by atoms with Crippen molar-refractivity contribution in [2.75, 3.05) is 13.7 Å². The van der Waals surface area contributed by atoms with E-state index in [1.54, 1.807) is 4.90 Å². The Kier molecular flexibility index (Phi) is 6.86. The van der Waals surface area contributed by atoms with Gasteiger partial charge in [0, 0.05) is 12.1 Å². The molecule has 0 rings (SSSR count). The molecular formula is C13H25NO2. The fraction of sp³-hybridized carbons (Fsp3) is 0.769. The van der Waals surface area contributed by atoms with Crippen molar-refractivity contribution in [1.82, 2.24) is 4.90 Å². The van der Waals surface area contributed by atoms with Crippen LogP contribution in [0, 0.1) is 0 Å². The van der Waals surface area contributed by atoms with Crippen LogP contribution in [-0.4, -0.2) is 30.2 Å². The Bertz CT molecular complexity index is 229. The molecule has 0 fully saturated rings. The van der Waals surface area contributed by atoms with Crippen molar-refractivity contribution in [3.8, 4) is 0 Å². The molecule has 0 unspecified atom stereocenters. The van der Waals surface area contributed by atoms with Crippen LogP contribution in [0.15, 0.2) is 12.2 Å². The van der Waals surface area contributed by atoms with Gasteiger partial charge in [0.25, 0.3) is 0 Å². The summed E-state index contributed by atoms with van der Waals surface area (Å²) in [5, 5.41) is 0. The molecule has 0 aliphatic heterocycles. The minimum atomic E-state index is -0.244. The zero-order chi connectivity index (χ0) is 12.6. The summed E-state index contributed by atoms with van der Waals surface area (Å²) in [6, 6.07) is 0. The van der Waals surface area contributed by atoms with Crippen LogP contribution >= 0.6 is 0 Å². The molecule has 16 heavy (non-hydrogen) atoms. The molecule has 0 aliphatic rings.